The van der Waals surface area contributed by atoms with Gasteiger partial charge in [-0.15, -0.1) is 0 Å². The molecule has 2 nitrogen and oxygen atoms in total. The molecule has 1 aliphatic carbocycles. The van der Waals surface area contributed by atoms with Crippen molar-refractivity contribution in [2.75, 3.05) is 6.54 Å². The summed E-state index contributed by atoms with van der Waals surface area (Å²) in [4.78, 5) is 0. The van der Waals surface area contributed by atoms with Crippen molar-refractivity contribution in [3.05, 3.63) is 28.8 Å². The molecule has 88 valence electrons. The minimum absolute atomic E-state index is 0.190. The summed E-state index contributed by atoms with van der Waals surface area (Å²) in [7, 11) is 0. The maximum absolute atomic E-state index is 6.03. The fourth-order valence-electron chi connectivity index (χ4n) is 2.06. The lowest BCUT2D eigenvalue weighted by atomic mass is 10.1. The van der Waals surface area contributed by atoms with E-state index >= 15 is 0 Å². The summed E-state index contributed by atoms with van der Waals surface area (Å²) < 4.78 is 5.79. The van der Waals surface area contributed by atoms with Crippen LogP contribution in [0.5, 0.6) is 5.75 Å². The lowest BCUT2D eigenvalue weighted by Gasteiger charge is -2.14. The van der Waals surface area contributed by atoms with Crippen LogP contribution < -0.4 is 10.5 Å². The lowest BCUT2D eigenvalue weighted by Crippen LogP contribution is -2.08. The zero-order valence-corrected chi connectivity index (χ0v) is 10.5. The molecular formula is C13H18ClNO. The molecule has 0 aromatic heterocycles. The Bertz CT molecular complexity index is 378. The Labute approximate surface area is 102 Å². The Morgan fingerprint density at radius 3 is 2.81 bits per heavy atom. The van der Waals surface area contributed by atoms with Gasteiger partial charge in [0.2, 0.25) is 0 Å². The van der Waals surface area contributed by atoms with Gasteiger partial charge in [-0.1, -0.05) is 11.6 Å². The molecule has 0 heterocycles. The zero-order valence-electron chi connectivity index (χ0n) is 9.74. The third-order valence-corrected chi connectivity index (χ3v) is 3.19. The van der Waals surface area contributed by atoms with Gasteiger partial charge in [0.15, 0.2) is 0 Å². The summed E-state index contributed by atoms with van der Waals surface area (Å²) in [6, 6.07) is 5.85. The summed E-state index contributed by atoms with van der Waals surface area (Å²) in [5.41, 5.74) is 6.90. The Morgan fingerprint density at radius 2 is 2.25 bits per heavy atom. The monoisotopic (exact) mass is 239 g/mol. The highest BCUT2D eigenvalue weighted by Crippen LogP contribution is 2.50. The average molecular weight is 240 g/mol. The highest BCUT2D eigenvalue weighted by Gasteiger charge is 2.38. The molecule has 1 aromatic rings. The van der Waals surface area contributed by atoms with Gasteiger partial charge in [0.05, 0.1) is 6.10 Å². The Balaban J connectivity index is 2.23. The van der Waals surface area contributed by atoms with Gasteiger partial charge in [-0.3, -0.25) is 0 Å². The summed E-state index contributed by atoms with van der Waals surface area (Å²) in [5, 5.41) is 0.772. The first-order chi connectivity index (χ1) is 7.61. The van der Waals surface area contributed by atoms with Gasteiger partial charge in [0.1, 0.15) is 5.75 Å². The molecule has 1 aromatic carbocycles. The molecule has 2 N–H and O–H groups in total. The van der Waals surface area contributed by atoms with E-state index in [-0.39, 0.29) is 6.10 Å². The summed E-state index contributed by atoms with van der Waals surface area (Å²) in [5.74, 6) is 2.10. The van der Waals surface area contributed by atoms with Gasteiger partial charge in [-0.2, -0.15) is 0 Å². The summed E-state index contributed by atoms with van der Waals surface area (Å²) in [6.45, 7) is 4.82. The fourth-order valence-corrected chi connectivity index (χ4v) is 2.24. The first-order valence-electron chi connectivity index (χ1n) is 5.78. The Kier molecular flexibility index (Phi) is 3.41. The van der Waals surface area contributed by atoms with Crippen LogP contribution in [0.2, 0.25) is 5.02 Å². The molecule has 1 saturated carbocycles. The van der Waals surface area contributed by atoms with Crippen LogP contribution in [0, 0.1) is 5.92 Å². The highest BCUT2D eigenvalue weighted by atomic mass is 35.5. The third-order valence-electron chi connectivity index (χ3n) is 2.96. The fraction of sp³-hybridized carbons (Fsp3) is 0.538. The van der Waals surface area contributed by atoms with Crippen molar-refractivity contribution in [2.24, 2.45) is 11.7 Å². The smallest absolute Gasteiger partial charge is 0.123 e. The molecule has 16 heavy (non-hydrogen) atoms. The van der Waals surface area contributed by atoms with Crippen molar-refractivity contribution in [1.29, 1.82) is 0 Å². The van der Waals surface area contributed by atoms with Crippen molar-refractivity contribution in [3.63, 3.8) is 0 Å². The molecule has 2 atom stereocenters. The van der Waals surface area contributed by atoms with E-state index in [1.165, 1.54) is 5.56 Å². The van der Waals surface area contributed by atoms with Crippen LogP contribution in [0.4, 0.5) is 0 Å². The minimum Gasteiger partial charge on any atom is -0.491 e. The molecular weight excluding hydrogens is 222 g/mol. The van der Waals surface area contributed by atoms with E-state index < -0.39 is 0 Å². The van der Waals surface area contributed by atoms with Crippen molar-refractivity contribution >= 4 is 11.6 Å². The number of nitrogens with two attached hydrogens (primary N) is 1. The maximum Gasteiger partial charge on any atom is 0.123 e. The number of hydrogen-bond donors (Lipinski definition) is 1. The molecule has 0 radical (unpaired) electrons. The SMILES string of the molecule is CC(C)Oc1ccc(Cl)cc1[C@H]1C[C@@H]1CN. The van der Waals surface area contributed by atoms with Crippen LogP contribution in [0.25, 0.3) is 0 Å². The van der Waals surface area contributed by atoms with E-state index in [4.69, 9.17) is 22.1 Å². The second kappa shape index (κ2) is 4.64. The van der Waals surface area contributed by atoms with Crippen LogP contribution >= 0.6 is 11.6 Å². The van der Waals surface area contributed by atoms with Crippen LogP contribution in [-0.4, -0.2) is 12.6 Å². The average Bonchev–Trinajstić information content (AvgIpc) is 2.99. The summed E-state index contributed by atoms with van der Waals surface area (Å²) >= 11 is 6.03. The van der Waals surface area contributed by atoms with Gasteiger partial charge in [0.25, 0.3) is 0 Å². The normalized spacial score (nSPS) is 23.6. The van der Waals surface area contributed by atoms with Gasteiger partial charge in [-0.05, 0) is 62.4 Å². The summed E-state index contributed by atoms with van der Waals surface area (Å²) in [6.07, 6.45) is 1.35. The molecule has 3 heteroatoms. The highest BCUT2D eigenvalue weighted by molar-refractivity contribution is 6.30. The van der Waals surface area contributed by atoms with Crippen LogP contribution in [0.1, 0.15) is 31.7 Å². The van der Waals surface area contributed by atoms with E-state index in [1.807, 2.05) is 32.0 Å². The quantitative estimate of drug-likeness (QED) is 0.876. The second-order valence-electron chi connectivity index (χ2n) is 4.69. The number of rotatable bonds is 4. The number of benzene rings is 1. The molecule has 0 saturated heterocycles. The van der Waals surface area contributed by atoms with Gasteiger partial charge in [0, 0.05) is 5.02 Å². The predicted molar refractivity (Wildman–Crippen MR) is 67.1 cm³/mol. The Morgan fingerprint density at radius 1 is 1.50 bits per heavy atom. The topological polar surface area (TPSA) is 35.2 Å². The van der Waals surface area contributed by atoms with Gasteiger partial charge in [-0.25, -0.2) is 0 Å². The molecule has 0 bridgehead atoms. The Hall–Kier alpha value is -0.730. The third kappa shape index (κ3) is 2.50. The van der Waals surface area contributed by atoms with E-state index in [0.29, 0.717) is 11.8 Å². The molecule has 1 aliphatic rings. The largest absolute Gasteiger partial charge is 0.491 e. The van der Waals surface area contributed by atoms with E-state index in [0.717, 1.165) is 23.7 Å². The zero-order chi connectivity index (χ0) is 11.7. The number of halogens is 1. The molecule has 2 rings (SSSR count). The van der Waals surface area contributed by atoms with Crippen molar-refractivity contribution < 1.29 is 4.74 Å². The standard InChI is InChI=1S/C13H18ClNO/c1-8(2)16-13-4-3-10(14)6-12(13)11-5-9(11)7-15/h3-4,6,8-9,11H,5,7,15H2,1-2H3/t9-,11+/m1/s1. The second-order valence-corrected chi connectivity index (χ2v) is 5.12. The van der Waals surface area contributed by atoms with E-state index in [2.05, 4.69) is 0 Å². The van der Waals surface area contributed by atoms with Crippen molar-refractivity contribution in [2.45, 2.75) is 32.3 Å². The van der Waals surface area contributed by atoms with E-state index in [9.17, 15) is 0 Å². The number of hydrogen-bond acceptors (Lipinski definition) is 2. The first-order valence-corrected chi connectivity index (χ1v) is 6.15. The minimum atomic E-state index is 0.190. The van der Waals surface area contributed by atoms with E-state index in [1.54, 1.807) is 0 Å². The van der Waals surface area contributed by atoms with Crippen LogP contribution in [-0.2, 0) is 0 Å². The lowest BCUT2D eigenvalue weighted by molar-refractivity contribution is 0.240. The van der Waals surface area contributed by atoms with Crippen LogP contribution in [0.15, 0.2) is 18.2 Å². The molecule has 0 aliphatic heterocycles. The molecule has 1 fully saturated rings. The molecule has 0 spiro atoms. The van der Waals surface area contributed by atoms with Gasteiger partial charge >= 0.3 is 0 Å². The van der Waals surface area contributed by atoms with Gasteiger partial charge < -0.3 is 10.5 Å². The van der Waals surface area contributed by atoms with Crippen molar-refractivity contribution in [3.8, 4) is 5.75 Å². The number of ether oxygens (including phenoxy) is 1. The van der Waals surface area contributed by atoms with Crippen LogP contribution in [0.3, 0.4) is 0 Å². The maximum atomic E-state index is 6.03. The molecule has 0 unspecified atom stereocenters. The van der Waals surface area contributed by atoms with Crippen molar-refractivity contribution in [1.82, 2.24) is 0 Å². The molecule has 0 amide bonds. The first kappa shape index (κ1) is 11.7. The predicted octanol–water partition coefficient (Wildman–Crippen LogP) is 3.19.